The van der Waals surface area contributed by atoms with Crippen LogP contribution in [0, 0.1) is 25.2 Å². The molecule has 0 fully saturated rings. The zero-order chi connectivity index (χ0) is 22.3. The van der Waals surface area contributed by atoms with E-state index in [1.807, 2.05) is 31.3 Å². The number of hydrogen-bond donors (Lipinski definition) is 0. The van der Waals surface area contributed by atoms with Crippen LogP contribution in [-0.2, 0) is 10.8 Å². The van der Waals surface area contributed by atoms with Crippen LogP contribution in [0.5, 0.6) is 0 Å². The van der Waals surface area contributed by atoms with Crippen molar-refractivity contribution in [1.82, 2.24) is 9.97 Å². The second-order valence-electron chi connectivity index (χ2n) is 10.2. The first-order chi connectivity index (χ1) is 13.9. The number of nitrogens with zero attached hydrogens (tertiary/aromatic N) is 3. The molecule has 2 aromatic carbocycles. The SMILES string of the molecule is Cc1cc(-c2ncc(-c3ccc(C#N)cc3C)nc2C(C)(C)C)cc(C(C)(C)C)c1. The van der Waals surface area contributed by atoms with E-state index in [1.165, 1.54) is 11.1 Å². The lowest BCUT2D eigenvalue weighted by Gasteiger charge is -2.24. The van der Waals surface area contributed by atoms with Gasteiger partial charge in [0.25, 0.3) is 0 Å². The largest absolute Gasteiger partial charge is 0.252 e. The average Bonchev–Trinajstić information content (AvgIpc) is 2.65. The molecule has 0 saturated heterocycles. The van der Waals surface area contributed by atoms with Gasteiger partial charge in [0.1, 0.15) is 0 Å². The lowest BCUT2D eigenvalue weighted by Crippen LogP contribution is -2.17. The molecule has 0 aliphatic carbocycles. The summed E-state index contributed by atoms with van der Waals surface area (Å²) in [4.78, 5) is 10.00. The predicted octanol–water partition coefficient (Wildman–Crippen LogP) is 6.89. The fourth-order valence-corrected chi connectivity index (χ4v) is 3.63. The molecule has 0 bridgehead atoms. The van der Waals surface area contributed by atoms with E-state index >= 15 is 0 Å². The van der Waals surface area contributed by atoms with E-state index in [9.17, 15) is 0 Å². The van der Waals surface area contributed by atoms with Crippen LogP contribution in [-0.4, -0.2) is 9.97 Å². The predicted molar refractivity (Wildman–Crippen MR) is 124 cm³/mol. The van der Waals surface area contributed by atoms with Gasteiger partial charge in [0, 0.05) is 16.5 Å². The van der Waals surface area contributed by atoms with Crippen molar-refractivity contribution in [2.75, 3.05) is 0 Å². The van der Waals surface area contributed by atoms with Gasteiger partial charge < -0.3 is 0 Å². The van der Waals surface area contributed by atoms with Crippen molar-refractivity contribution in [3.05, 3.63) is 70.5 Å². The second kappa shape index (κ2) is 7.69. The molecule has 30 heavy (non-hydrogen) atoms. The first-order valence-electron chi connectivity index (χ1n) is 10.4. The first kappa shape index (κ1) is 21.7. The van der Waals surface area contributed by atoms with Crippen molar-refractivity contribution in [3.8, 4) is 28.6 Å². The molecule has 0 aliphatic heterocycles. The van der Waals surface area contributed by atoms with Crippen molar-refractivity contribution in [3.63, 3.8) is 0 Å². The Morgan fingerprint density at radius 3 is 2.13 bits per heavy atom. The van der Waals surface area contributed by atoms with Gasteiger partial charge in [-0.3, -0.25) is 4.98 Å². The molecular weight excluding hydrogens is 366 g/mol. The van der Waals surface area contributed by atoms with Gasteiger partial charge >= 0.3 is 0 Å². The van der Waals surface area contributed by atoms with E-state index in [1.54, 1.807) is 0 Å². The zero-order valence-corrected chi connectivity index (χ0v) is 19.4. The van der Waals surface area contributed by atoms with Gasteiger partial charge in [-0.15, -0.1) is 0 Å². The average molecular weight is 398 g/mol. The molecule has 3 heteroatoms. The molecule has 0 radical (unpaired) electrons. The minimum absolute atomic E-state index is 0.0651. The molecule has 0 saturated carbocycles. The topological polar surface area (TPSA) is 49.6 Å². The van der Waals surface area contributed by atoms with Crippen molar-refractivity contribution in [2.24, 2.45) is 0 Å². The number of aromatic nitrogens is 2. The van der Waals surface area contributed by atoms with Crippen LogP contribution in [0.1, 0.15) is 69.5 Å². The van der Waals surface area contributed by atoms with Crippen LogP contribution in [0.4, 0.5) is 0 Å². The van der Waals surface area contributed by atoms with Crippen LogP contribution in [0.25, 0.3) is 22.5 Å². The molecule has 3 nitrogen and oxygen atoms in total. The minimum atomic E-state index is -0.162. The highest BCUT2D eigenvalue weighted by atomic mass is 14.8. The summed E-state index contributed by atoms with van der Waals surface area (Å²) >= 11 is 0. The third-order valence-electron chi connectivity index (χ3n) is 5.33. The van der Waals surface area contributed by atoms with Crippen molar-refractivity contribution in [1.29, 1.82) is 5.26 Å². The van der Waals surface area contributed by atoms with Crippen molar-refractivity contribution >= 4 is 0 Å². The van der Waals surface area contributed by atoms with Gasteiger partial charge in [-0.25, -0.2) is 4.98 Å². The van der Waals surface area contributed by atoms with E-state index in [0.29, 0.717) is 5.56 Å². The maximum atomic E-state index is 9.16. The second-order valence-corrected chi connectivity index (χ2v) is 10.2. The first-order valence-corrected chi connectivity index (χ1v) is 10.4. The molecule has 0 spiro atoms. The number of rotatable bonds is 2. The van der Waals surface area contributed by atoms with E-state index < -0.39 is 0 Å². The monoisotopic (exact) mass is 397 g/mol. The Kier molecular flexibility index (Phi) is 5.56. The number of benzene rings is 2. The Morgan fingerprint density at radius 2 is 1.57 bits per heavy atom. The van der Waals surface area contributed by atoms with Gasteiger partial charge in [-0.05, 0) is 54.7 Å². The van der Waals surface area contributed by atoms with Crippen LogP contribution in [0.15, 0.2) is 42.6 Å². The lowest BCUT2D eigenvalue weighted by molar-refractivity contribution is 0.568. The zero-order valence-electron chi connectivity index (χ0n) is 19.4. The Balaban J connectivity index is 2.22. The maximum Gasteiger partial charge on any atom is 0.0991 e. The molecule has 3 aromatic rings. The Labute approximate surface area is 180 Å². The van der Waals surface area contributed by atoms with Gasteiger partial charge in [-0.1, -0.05) is 59.2 Å². The van der Waals surface area contributed by atoms with E-state index in [2.05, 4.69) is 72.7 Å². The van der Waals surface area contributed by atoms with Crippen LogP contribution >= 0.6 is 0 Å². The third-order valence-corrected chi connectivity index (χ3v) is 5.33. The summed E-state index contributed by atoms with van der Waals surface area (Å²) in [5.41, 5.74) is 9.00. The number of aryl methyl sites for hydroxylation is 2. The highest BCUT2D eigenvalue weighted by Gasteiger charge is 2.24. The van der Waals surface area contributed by atoms with Gasteiger partial charge in [0.15, 0.2) is 0 Å². The molecule has 3 rings (SSSR count). The molecule has 0 N–H and O–H groups in total. The third kappa shape index (κ3) is 4.44. The van der Waals surface area contributed by atoms with Gasteiger partial charge in [-0.2, -0.15) is 5.26 Å². The normalized spacial score (nSPS) is 12.0. The van der Waals surface area contributed by atoms with E-state index in [0.717, 1.165) is 33.8 Å². The van der Waals surface area contributed by atoms with Gasteiger partial charge in [0.05, 0.1) is 34.9 Å². The molecule has 0 atom stereocenters. The summed E-state index contributed by atoms with van der Waals surface area (Å²) in [7, 11) is 0. The summed E-state index contributed by atoms with van der Waals surface area (Å²) in [5, 5.41) is 9.16. The van der Waals surface area contributed by atoms with Crippen molar-refractivity contribution < 1.29 is 0 Å². The number of hydrogen-bond acceptors (Lipinski definition) is 3. The highest BCUT2D eigenvalue weighted by Crippen LogP contribution is 2.35. The fraction of sp³-hybridized carbons (Fsp3) is 0.370. The Morgan fingerprint density at radius 1 is 0.867 bits per heavy atom. The maximum absolute atomic E-state index is 9.16. The molecule has 0 amide bonds. The summed E-state index contributed by atoms with van der Waals surface area (Å²) in [5.74, 6) is 0. The quantitative estimate of drug-likeness (QED) is 0.473. The smallest absolute Gasteiger partial charge is 0.0991 e. The van der Waals surface area contributed by atoms with Gasteiger partial charge in [0.2, 0.25) is 0 Å². The highest BCUT2D eigenvalue weighted by molar-refractivity contribution is 5.70. The molecular formula is C27H31N3. The molecule has 0 unspecified atom stereocenters. The standard InChI is InChI=1S/C27H31N3/c1-17-11-20(14-21(12-17)26(3,4)5)24-25(27(6,7)8)30-23(16-29-24)22-10-9-19(15-28)13-18(22)2/h9-14,16H,1-8H3. The van der Waals surface area contributed by atoms with E-state index in [4.69, 9.17) is 15.2 Å². The van der Waals surface area contributed by atoms with Crippen LogP contribution in [0.2, 0.25) is 0 Å². The summed E-state index contributed by atoms with van der Waals surface area (Å²) in [6.45, 7) is 17.4. The van der Waals surface area contributed by atoms with Crippen LogP contribution < -0.4 is 0 Å². The van der Waals surface area contributed by atoms with Crippen LogP contribution in [0.3, 0.4) is 0 Å². The molecule has 1 aromatic heterocycles. The molecule has 0 aliphatic rings. The molecule has 1 heterocycles. The summed E-state index contributed by atoms with van der Waals surface area (Å²) in [6, 6.07) is 14.6. The lowest BCUT2D eigenvalue weighted by atomic mass is 9.83. The summed E-state index contributed by atoms with van der Waals surface area (Å²) < 4.78 is 0. The summed E-state index contributed by atoms with van der Waals surface area (Å²) in [6.07, 6.45) is 1.86. The minimum Gasteiger partial charge on any atom is -0.252 e. The fourth-order valence-electron chi connectivity index (χ4n) is 3.63. The Hall–Kier alpha value is -2.99. The molecule has 154 valence electrons. The van der Waals surface area contributed by atoms with Crippen molar-refractivity contribution in [2.45, 2.75) is 66.2 Å². The Bertz CT molecular complexity index is 1140. The van der Waals surface area contributed by atoms with E-state index in [-0.39, 0.29) is 10.8 Å². The number of nitriles is 1.